The molecule has 0 unspecified atom stereocenters. The van der Waals surface area contributed by atoms with Crippen molar-refractivity contribution >= 4 is 52.0 Å². The van der Waals surface area contributed by atoms with Gasteiger partial charge in [-0.2, -0.15) is 12.6 Å². The fourth-order valence-corrected chi connectivity index (χ4v) is 5.97. The number of unbranched alkanes of at least 4 members (excludes halogenated alkanes) is 1. The number of nitrogens with one attached hydrogen (secondary N) is 3. The predicted octanol–water partition coefficient (Wildman–Crippen LogP) is 4.45. The van der Waals surface area contributed by atoms with Gasteiger partial charge >= 0.3 is 5.97 Å². The highest BCUT2D eigenvalue weighted by Gasteiger charge is 2.23. The van der Waals surface area contributed by atoms with Gasteiger partial charge in [0.05, 0.1) is 10.8 Å². The van der Waals surface area contributed by atoms with E-state index in [2.05, 4.69) is 23.3 Å². The summed E-state index contributed by atoms with van der Waals surface area (Å²) in [6.45, 7) is 4.75. The van der Waals surface area contributed by atoms with Gasteiger partial charge < -0.3 is 20.8 Å². The third kappa shape index (κ3) is 13.5. The van der Waals surface area contributed by atoms with Crippen LogP contribution in [0.5, 0.6) is 0 Å². The molecule has 0 aliphatic carbocycles. The normalized spacial score (nSPS) is 12.3. The van der Waals surface area contributed by atoms with Crippen LogP contribution < -0.4 is 15.4 Å². The van der Waals surface area contributed by atoms with Crippen molar-refractivity contribution in [3.63, 3.8) is 0 Å². The van der Waals surface area contributed by atoms with Crippen LogP contribution in [-0.2, 0) is 37.4 Å². The Bertz CT molecular complexity index is 1530. The fraction of sp³-hybridized carbons (Fsp3) is 0.364. The first-order valence-electron chi connectivity index (χ1n) is 14.9. The van der Waals surface area contributed by atoms with Crippen molar-refractivity contribution in [1.82, 2.24) is 15.4 Å². The molecular formula is C33H42ClN3O7S2. The van der Waals surface area contributed by atoms with Crippen molar-refractivity contribution in [2.45, 2.75) is 57.1 Å². The summed E-state index contributed by atoms with van der Waals surface area (Å²) in [7, 11) is -4.17. The molecule has 0 aliphatic rings. The summed E-state index contributed by atoms with van der Waals surface area (Å²) in [6.07, 6.45) is 1.19. The molecule has 0 saturated carbocycles. The lowest BCUT2D eigenvalue weighted by Gasteiger charge is -2.15. The first kappa shape index (κ1) is 38.8. The van der Waals surface area contributed by atoms with Gasteiger partial charge in [0.15, 0.2) is 0 Å². The van der Waals surface area contributed by atoms with Crippen molar-refractivity contribution < 1.29 is 33.0 Å². The molecule has 13 heteroatoms. The lowest BCUT2D eigenvalue weighted by molar-refractivity contribution is -0.137. The van der Waals surface area contributed by atoms with Crippen molar-refractivity contribution in [2.75, 3.05) is 18.8 Å². The van der Waals surface area contributed by atoms with E-state index in [-0.39, 0.29) is 16.7 Å². The third-order valence-corrected chi connectivity index (χ3v) is 8.77. The highest BCUT2D eigenvalue weighted by Crippen LogP contribution is 2.27. The smallest absolute Gasteiger partial charge is 0.303 e. The van der Waals surface area contributed by atoms with Gasteiger partial charge in [0.25, 0.3) is 15.9 Å². The van der Waals surface area contributed by atoms with Gasteiger partial charge in [-0.25, -0.2) is 13.1 Å². The largest absolute Gasteiger partial charge is 0.481 e. The average Bonchev–Trinajstić information content (AvgIpc) is 3.02. The van der Waals surface area contributed by atoms with Crippen molar-refractivity contribution in [3.8, 4) is 11.1 Å². The summed E-state index contributed by atoms with van der Waals surface area (Å²) in [6, 6.07) is 21.1. The molecule has 3 rings (SSSR count). The SMILES string of the molecule is CCCCC(=O)O.C[C@H](O)C(=O)NS(=O)(=O)c1ccccc1-c1ccc(CNCCNC(=O)[C@@H](CS)Cc2cccc(Cl)c2)cc1. The number of aliphatic hydroxyl groups is 1. The number of carboxylic acids is 1. The van der Waals surface area contributed by atoms with Crippen LogP contribution in [0.2, 0.25) is 5.02 Å². The second-order valence-corrected chi connectivity index (χ2v) is 13.0. The van der Waals surface area contributed by atoms with E-state index in [0.29, 0.717) is 54.4 Å². The zero-order valence-corrected chi connectivity index (χ0v) is 28.4. The average molecular weight is 692 g/mol. The number of sulfonamides is 1. The molecule has 0 fully saturated rings. The lowest BCUT2D eigenvalue weighted by Crippen LogP contribution is -2.37. The van der Waals surface area contributed by atoms with Crippen LogP contribution >= 0.6 is 24.2 Å². The molecule has 3 aromatic rings. The quantitative estimate of drug-likeness (QED) is 0.0949. The second kappa shape index (κ2) is 20.0. The molecule has 3 aromatic carbocycles. The molecule has 0 radical (unpaired) electrons. The van der Waals surface area contributed by atoms with E-state index in [1.807, 2.05) is 42.0 Å². The van der Waals surface area contributed by atoms with E-state index < -0.39 is 28.0 Å². The van der Waals surface area contributed by atoms with Crippen LogP contribution in [0.4, 0.5) is 0 Å². The van der Waals surface area contributed by atoms with E-state index in [1.165, 1.54) is 13.0 Å². The fourth-order valence-electron chi connectivity index (χ4n) is 4.18. The molecule has 46 heavy (non-hydrogen) atoms. The number of carbonyl (C=O) groups excluding carboxylic acids is 2. The number of rotatable bonds is 16. The van der Waals surface area contributed by atoms with Crippen molar-refractivity contribution in [2.24, 2.45) is 5.92 Å². The molecule has 250 valence electrons. The van der Waals surface area contributed by atoms with Crippen LogP contribution in [0.1, 0.15) is 44.2 Å². The monoisotopic (exact) mass is 691 g/mol. The minimum absolute atomic E-state index is 0.0597. The molecule has 5 N–H and O–H groups in total. The van der Waals surface area contributed by atoms with Gasteiger partial charge in [-0.15, -0.1) is 0 Å². The third-order valence-electron chi connectivity index (χ3n) is 6.69. The summed E-state index contributed by atoms with van der Waals surface area (Å²) >= 11 is 10.4. The molecule has 2 atom stereocenters. The molecule has 0 aliphatic heterocycles. The lowest BCUT2D eigenvalue weighted by atomic mass is 10.0. The number of carboxylic acid groups (broad SMARTS) is 1. The first-order valence-corrected chi connectivity index (χ1v) is 17.4. The van der Waals surface area contributed by atoms with Crippen molar-refractivity contribution in [3.05, 3.63) is 88.9 Å². The van der Waals surface area contributed by atoms with Gasteiger partial charge in [0, 0.05) is 42.4 Å². The van der Waals surface area contributed by atoms with Crippen LogP contribution in [0.25, 0.3) is 11.1 Å². The maximum absolute atomic E-state index is 12.7. The number of benzene rings is 3. The summed E-state index contributed by atoms with van der Waals surface area (Å²) in [5.41, 5.74) is 3.06. The number of carbonyl (C=O) groups is 3. The Hall–Kier alpha value is -3.42. The van der Waals surface area contributed by atoms with Crippen LogP contribution in [-0.4, -0.2) is 61.4 Å². The van der Waals surface area contributed by atoms with Crippen LogP contribution in [0.15, 0.2) is 77.7 Å². The first-order chi connectivity index (χ1) is 21.9. The second-order valence-electron chi connectivity index (χ2n) is 10.5. The zero-order chi connectivity index (χ0) is 34.1. The van der Waals surface area contributed by atoms with Gasteiger partial charge in [0.2, 0.25) is 5.91 Å². The van der Waals surface area contributed by atoms with E-state index in [0.717, 1.165) is 24.0 Å². The topological polar surface area (TPSA) is 162 Å². The Morgan fingerprint density at radius 1 is 0.935 bits per heavy atom. The summed E-state index contributed by atoms with van der Waals surface area (Å²) in [5.74, 6) is -1.58. The van der Waals surface area contributed by atoms with E-state index >= 15 is 0 Å². The number of aliphatic carboxylic acids is 1. The van der Waals surface area contributed by atoms with E-state index in [1.54, 1.807) is 36.4 Å². The highest BCUT2D eigenvalue weighted by molar-refractivity contribution is 7.90. The number of halogens is 1. The molecular weight excluding hydrogens is 650 g/mol. The molecule has 0 heterocycles. The standard InChI is InChI=1S/C28H32ClN3O5S2.C5H10O2/c1-19(33)27(34)32-39(36,37)26-8-3-2-7-25(26)22-11-9-20(10-12-22)17-30-13-14-31-28(35)23(18-38)15-21-5-4-6-24(29)16-21;1-2-3-4-5(6)7/h2-12,16,19,23,30,33,38H,13-15,17-18H2,1H3,(H,31,35)(H,32,34);2-4H2,1H3,(H,6,7)/t19-,23+;/m0./s1. The minimum Gasteiger partial charge on any atom is -0.481 e. The number of amides is 2. The summed E-state index contributed by atoms with van der Waals surface area (Å²) < 4.78 is 27.4. The van der Waals surface area contributed by atoms with Gasteiger partial charge in [-0.3, -0.25) is 14.4 Å². The van der Waals surface area contributed by atoms with Crippen LogP contribution in [0, 0.1) is 5.92 Å². The molecule has 0 aromatic heterocycles. The molecule has 0 spiro atoms. The number of thiol groups is 1. The highest BCUT2D eigenvalue weighted by atomic mass is 35.5. The van der Waals surface area contributed by atoms with E-state index in [4.69, 9.17) is 16.7 Å². The number of aliphatic hydroxyl groups excluding tert-OH is 1. The molecule has 0 bridgehead atoms. The van der Waals surface area contributed by atoms with Crippen molar-refractivity contribution in [1.29, 1.82) is 0 Å². The number of hydrogen-bond acceptors (Lipinski definition) is 8. The van der Waals surface area contributed by atoms with Gasteiger partial charge in [-0.1, -0.05) is 79.5 Å². The Balaban J connectivity index is 0.000000942. The minimum atomic E-state index is -4.17. The van der Waals surface area contributed by atoms with Crippen LogP contribution in [0.3, 0.4) is 0 Å². The van der Waals surface area contributed by atoms with E-state index in [9.17, 15) is 27.9 Å². The zero-order valence-electron chi connectivity index (χ0n) is 25.9. The Kier molecular flexibility index (Phi) is 16.8. The molecule has 2 amide bonds. The maximum atomic E-state index is 12.7. The Labute approximate surface area is 281 Å². The number of hydrogen-bond donors (Lipinski definition) is 6. The molecule has 0 saturated heterocycles. The molecule has 10 nitrogen and oxygen atoms in total. The van der Waals surface area contributed by atoms with Gasteiger partial charge in [-0.05, 0) is 54.7 Å². The maximum Gasteiger partial charge on any atom is 0.303 e. The Morgan fingerprint density at radius 3 is 2.22 bits per heavy atom. The summed E-state index contributed by atoms with van der Waals surface area (Å²) in [4.78, 5) is 34.0. The predicted molar refractivity (Wildman–Crippen MR) is 183 cm³/mol. The van der Waals surface area contributed by atoms with Gasteiger partial charge in [0.1, 0.15) is 6.10 Å². The summed E-state index contributed by atoms with van der Waals surface area (Å²) in [5, 5.41) is 24.3. The Morgan fingerprint density at radius 2 is 1.63 bits per heavy atom.